The Hall–Kier alpha value is -1.94. The van der Waals surface area contributed by atoms with Crippen molar-refractivity contribution in [2.75, 3.05) is 0 Å². The first-order valence-electron chi connectivity index (χ1n) is 9.68. The lowest BCUT2D eigenvalue weighted by molar-refractivity contribution is -0.120. The van der Waals surface area contributed by atoms with Crippen LogP contribution in [0.2, 0.25) is 0 Å². The molecule has 1 atom stereocenters. The summed E-state index contributed by atoms with van der Waals surface area (Å²) >= 11 is 4.81. The smallest absolute Gasteiger partial charge is 0.226 e. The van der Waals surface area contributed by atoms with Gasteiger partial charge in [-0.2, -0.15) is 0 Å². The van der Waals surface area contributed by atoms with Gasteiger partial charge in [0.25, 0.3) is 0 Å². The third-order valence-corrected chi connectivity index (χ3v) is 4.97. The fourth-order valence-electron chi connectivity index (χ4n) is 3.56. The van der Waals surface area contributed by atoms with Crippen LogP contribution in [-0.4, -0.2) is 11.0 Å². The molecule has 0 aliphatic heterocycles. The van der Waals surface area contributed by atoms with Gasteiger partial charge in [0.1, 0.15) is 0 Å². The maximum atomic E-state index is 12.3. The quantitative estimate of drug-likeness (QED) is 0.433. The standard InChI is InChI=1S/C22H30N2OS/c1-2-3-4-5-6-7-12-18(16-21(25)24-22(23)26)20-15-10-13-17-11-8-9-14-19(17)20/h8-11,13-15,18H,2-7,12,16H2,1H3,(H3,23,24,25,26). The summed E-state index contributed by atoms with van der Waals surface area (Å²) in [4.78, 5) is 12.3. The molecule has 0 aromatic heterocycles. The summed E-state index contributed by atoms with van der Waals surface area (Å²) in [5.74, 6) is 0.0862. The number of nitrogens with two attached hydrogens (primary N) is 1. The van der Waals surface area contributed by atoms with Gasteiger partial charge in [0.05, 0.1) is 0 Å². The molecular weight excluding hydrogens is 340 g/mol. The van der Waals surface area contributed by atoms with Crippen LogP contribution in [0.5, 0.6) is 0 Å². The van der Waals surface area contributed by atoms with E-state index < -0.39 is 0 Å². The predicted octanol–water partition coefficient (Wildman–Crippen LogP) is 5.42. The van der Waals surface area contributed by atoms with E-state index >= 15 is 0 Å². The van der Waals surface area contributed by atoms with Crippen molar-refractivity contribution in [3.05, 3.63) is 48.0 Å². The Morgan fingerprint density at radius 2 is 1.73 bits per heavy atom. The molecule has 0 spiro atoms. The summed E-state index contributed by atoms with van der Waals surface area (Å²) in [5.41, 5.74) is 6.71. The lowest BCUT2D eigenvalue weighted by Gasteiger charge is -2.19. The number of benzene rings is 2. The zero-order valence-corrected chi connectivity index (χ0v) is 16.5. The van der Waals surface area contributed by atoms with Crippen molar-refractivity contribution in [2.45, 2.75) is 64.2 Å². The highest BCUT2D eigenvalue weighted by Crippen LogP contribution is 2.32. The first-order valence-corrected chi connectivity index (χ1v) is 10.1. The predicted molar refractivity (Wildman–Crippen MR) is 114 cm³/mol. The van der Waals surface area contributed by atoms with Crippen LogP contribution in [0.1, 0.15) is 69.8 Å². The molecule has 3 N–H and O–H groups in total. The zero-order valence-electron chi connectivity index (χ0n) is 15.7. The molecule has 0 saturated heterocycles. The molecule has 0 aliphatic rings. The number of unbranched alkanes of at least 4 members (excludes halogenated alkanes) is 5. The number of carbonyl (C=O) groups is 1. The second kappa shape index (κ2) is 10.9. The van der Waals surface area contributed by atoms with Crippen molar-refractivity contribution in [1.82, 2.24) is 5.32 Å². The first kappa shape index (κ1) is 20.4. The second-order valence-corrected chi connectivity index (χ2v) is 7.38. The van der Waals surface area contributed by atoms with Gasteiger partial charge in [-0.3, -0.25) is 4.79 Å². The molecule has 0 saturated carbocycles. The maximum absolute atomic E-state index is 12.3. The van der Waals surface area contributed by atoms with E-state index in [0.29, 0.717) is 6.42 Å². The molecular formula is C22H30N2OS. The monoisotopic (exact) mass is 370 g/mol. The summed E-state index contributed by atoms with van der Waals surface area (Å²) in [6.07, 6.45) is 8.93. The van der Waals surface area contributed by atoms with Crippen LogP contribution in [-0.2, 0) is 4.79 Å². The molecule has 3 nitrogen and oxygen atoms in total. The van der Waals surface area contributed by atoms with Gasteiger partial charge in [-0.1, -0.05) is 87.9 Å². The lowest BCUT2D eigenvalue weighted by Crippen LogP contribution is -2.35. The van der Waals surface area contributed by atoms with Crippen molar-refractivity contribution in [2.24, 2.45) is 5.73 Å². The topological polar surface area (TPSA) is 55.1 Å². The average molecular weight is 371 g/mol. The summed E-state index contributed by atoms with van der Waals surface area (Å²) in [5, 5.41) is 5.07. The summed E-state index contributed by atoms with van der Waals surface area (Å²) in [7, 11) is 0. The molecule has 0 radical (unpaired) electrons. The maximum Gasteiger partial charge on any atom is 0.226 e. The molecule has 2 aromatic rings. The molecule has 26 heavy (non-hydrogen) atoms. The van der Waals surface area contributed by atoms with E-state index in [9.17, 15) is 4.79 Å². The van der Waals surface area contributed by atoms with Crippen LogP contribution in [0.15, 0.2) is 42.5 Å². The van der Waals surface area contributed by atoms with Crippen molar-refractivity contribution < 1.29 is 4.79 Å². The number of rotatable bonds is 10. The minimum Gasteiger partial charge on any atom is -0.376 e. The highest BCUT2D eigenvalue weighted by Gasteiger charge is 2.18. The van der Waals surface area contributed by atoms with Crippen molar-refractivity contribution in [1.29, 1.82) is 0 Å². The third kappa shape index (κ3) is 6.41. The number of nitrogens with one attached hydrogen (secondary N) is 1. The SMILES string of the molecule is CCCCCCCCC(CC(=O)NC(N)=S)c1cccc2ccccc12. The minimum atomic E-state index is -0.0959. The number of amides is 1. The van der Waals surface area contributed by atoms with Gasteiger partial charge < -0.3 is 11.1 Å². The van der Waals surface area contributed by atoms with Crippen molar-refractivity contribution >= 4 is 34.0 Å². The van der Waals surface area contributed by atoms with Crippen LogP contribution in [0, 0.1) is 0 Å². The zero-order chi connectivity index (χ0) is 18.8. The van der Waals surface area contributed by atoms with E-state index in [4.69, 9.17) is 18.0 Å². The molecule has 0 bridgehead atoms. The van der Waals surface area contributed by atoms with Gasteiger partial charge in [-0.05, 0) is 40.9 Å². The van der Waals surface area contributed by atoms with Crippen LogP contribution in [0.3, 0.4) is 0 Å². The van der Waals surface area contributed by atoms with Crippen molar-refractivity contribution in [3.8, 4) is 0 Å². The van der Waals surface area contributed by atoms with E-state index in [0.717, 1.165) is 12.8 Å². The van der Waals surface area contributed by atoms with Crippen LogP contribution in [0.4, 0.5) is 0 Å². The highest BCUT2D eigenvalue weighted by molar-refractivity contribution is 7.80. The second-order valence-electron chi connectivity index (χ2n) is 6.94. The fourth-order valence-corrected chi connectivity index (χ4v) is 3.67. The highest BCUT2D eigenvalue weighted by atomic mass is 32.1. The number of hydrogen-bond donors (Lipinski definition) is 2. The normalized spacial score (nSPS) is 12.0. The molecule has 1 unspecified atom stereocenters. The number of fused-ring (bicyclic) bond motifs is 1. The first-order chi connectivity index (χ1) is 12.6. The summed E-state index contributed by atoms with van der Waals surface area (Å²) in [6.45, 7) is 2.23. The molecule has 140 valence electrons. The fraction of sp³-hybridized carbons (Fsp3) is 0.455. The minimum absolute atomic E-state index is 0.0474. The lowest BCUT2D eigenvalue weighted by atomic mass is 9.86. The molecule has 2 aromatic carbocycles. The Morgan fingerprint density at radius 3 is 2.50 bits per heavy atom. The molecule has 1 amide bonds. The van der Waals surface area contributed by atoms with Gasteiger partial charge >= 0.3 is 0 Å². The largest absolute Gasteiger partial charge is 0.376 e. The Labute approximate surface area is 162 Å². The van der Waals surface area contributed by atoms with Gasteiger partial charge in [0.15, 0.2) is 5.11 Å². The van der Waals surface area contributed by atoms with Gasteiger partial charge in [0, 0.05) is 6.42 Å². The van der Waals surface area contributed by atoms with E-state index in [1.807, 2.05) is 0 Å². The average Bonchev–Trinajstić information content (AvgIpc) is 2.62. The Balaban J connectivity index is 2.11. The van der Waals surface area contributed by atoms with Crippen molar-refractivity contribution in [3.63, 3.8) is 0 Å². The third-order valence-electron chi connectivity index (χ3n) is 4.86. The van der Waals surface area contributed by atoms with Gasteiger partial charge in [0.2, 0.25) is 5.91 Å². The molecule has 0 fully saturated rings. The van der Waals surface area contributed by atoms with Crippen LogP contribution in [0.25, 0.3) is 10.8 Å². The molecule has 0 aliphatic carbocycles. The van der Waals surface area contributed by atoms with E-state index in [2.05, 4.69) is 54.7 Å². The van der Waals surface area contributed by atoms with Crippen LogP contribution >= 0.6 is 12.2 Å². The molecule has 2 rings (SSSR count). The van der Waals surface area contributed by atoms with Gasteiger partial charge in [-0.25, -0.2) is 0 Å². The van der Waals surface area contributed by atoms with Crippen LogP contribution < -0.4 is 11.1 Å². The van der Waals surface area contributed by atoms with Gasteiger partial charge in [-0.15, -0.1) is 0 Å². The van der Waals surface area contributed by atoms with E-state index in [1.54, 1.807) is 0 Å². The summed E-state index contributed by atoms with van der Waals surface area (Å²) < 4.78 is 0. The number of thiocarbonyl (C=S) groups is 1. The Bertz CT molecular complexity index is 724. The Morgan fingerprint density at radius 1 is 1.04 bits per heavy atom. The number of hydrogen-bond acceptors (Lipinski definition) is 2. The molecule has 0 heterocycles. The number of carbonyl (C=O) groups excluding carboxylic acids is 1. The molecule has 4 heteroatoms. The Kier molecular flexibility index (Phi) is 8.56. The summed E-state index contributed by atoms with van der Waals surface area (Å²) in [6, 6.07) is 14.7. The van der Waals surface area contributed by atoms with E-state index in [1.165, 1.54) is 48.4 Å². The van der Waals surface area contributed by atoms with E-state index in [-0.39, 0.29) is 16.9 Å².